The number of hydrogen-bond donors (Lipinski definition) is 2. The average molecular weight is 229 g/mol. The van der Waals surface area contributed by atoms with Gasteiger partial charge >= 0.3 is 0 Å². The fraction of sp³-hybridized carbons (Fsp3) is 1.00. The van der Waals surface area contributed by atoms with Crippen molar-refractivity contribution in [2.24, 2.45) is 11.8 Å². The Morgan fingerprint density at radius 2 is 1.62 bits per heavy atom. The van der Waals surface area contributed by atoms with Gasteiger partial charge in [0.15, 0.2) is 0 Å². The van der Waals surface area contributed by atoms with Gasteiger partial charge in [-0.15, -0.1) is 0 Å². The molecule has 2 nitrogen and oxygen atoms in total. The molecule has 1 heterocycles. The minimum Gasteiger partial charge on any atom is -0.388 e. The summed E-state index contributed by atoms with van der Waals surface area (Å²) >= 11 is 0. The highest BCUT2D eigenvalue weighted by Gasteiger charge is 2.52. The van der Waals surface area contributed by atoms with Crippen molar-refractivity contribution in [1.29, 1.82) is 0 Å². The second kappa shape index (κ2) is 7.29. The molecule has 1 saturated carbocycles. The molecule has 0 aromatic carbocycles. The lowest BCUT2D eigenvalue weighted by atomic mass is 9.83. The molecule has 2 fully saturated rings. The predicted octanol–water partition coefficient (Wildman–Crippen LogP) is 3.20. The standard InChI is InChI=1S/C10H19NO.2C2H6/c1-7(2)9-10(12,5-6-11-9)8-3-4-8;2*1-2/h7-9,11-12H,3-6H2,1-2H3;2*1-2H3/t9-,10+;;/m0../s1. The molecule has 1 saturated heterocycles. The summed E-state index contributed by atoms with van der Waals surface area (Å²) in [5, 5.41) is 13.8. The second-order valence-corrected chi connectivity index (χ2v) is 4.69. The molecule has 0 bridgehead atoms. The van der Waals surface area contributed by atoms with Gasteiger partial charge in [-0.2, -0.15) is 0 Å². The first kappa shape index (κ1) is 15.9. The lowest BCUT2D eigenvalue weighted by Gasteiger charge is -2.32. The number of aliphatic hydroxyl groups is 1. The number of hydrogen-bond acceptors (Lipinski definition) is 2. The van der Waals surface area contributed by atoms with Gasteiger partial charge in [0.2, 0.25) is 0 Å². The van der Waals surface area contributed by atoms with Crippen LogP contribution in [-0.4, -0.2) is 23.3 Å². The largest absolute Gasteiger partial charge is 0.388 e. The number of nitrogens with one attached hydrogen (secondary N) is 1. The van der Waals surface area contributed by atoms with Gasteiger partial charge in [0.25, 0.3) is 0 Å². The monoisotopic (exact) mass is 229 g/mol. The van der Waals surface area contributed by atoms with E-state index in [4.69, 9.17) is 0 Å². The van der Waals surface area contributed by atoms with Gasteiger partial charge in [-0.3, -0.25) is 0 Å². The van der Waals surface area contributed by atoms with Crippen molar-refractivity contribution < 1.29 is 5.11 Å². The summed E-state index contributed by atoms with van der Waals surface area (Å²) in [4.78, 5) is 0. The SMILES string of the molecule is CC.CC.CC(C)[C@@H]1NCC[C@@]1(O)C1CC1. The summed E-state index contributed by atoms with van der Waals surface area (Å²) in [7, 11) is 0. The van der Waals surface area contributed by atoms with Crippen LogP contribution in [0.5, 0.6) is 0 Å². The topological polar surface area (TPSA) is 32.3 Å². The van der Waals surface area contributed by atoms with E-state index in [1.807, 2.05) is 27.7 Å². The van der Waals surface area contributed by atoms with E-state index in [1.54, 1.807) is 0 Å². The fourth-order valence-electron chi connectivity index (χ4n) is 2.61. The van der Waals surface area contributed by atoms with Gasteiger partial charge in [-0.25, -0.2) is 0 Å². The molecule has 2 rings (SSSR count). The molecular weight excluding hydrogens is 198 g/mol. The Hall–Kier alpha value is -0.0800. The van der Waals surface area contributed by atoms with Gasteiger partial charge in [-0.05, 0) is 37.6 Å². The zero-order valence-electron chi connectivity index (χ0n) is 12.0. The van der Waals surface area contributed by atoms with Gasteiger partial charge in [0.1, 0.15) is 0 Å². The second-order valence-electron chi connectivity index (χ2n) is 4.69. The molecule has 0 aromatic heterocycles. The molecule has 0 amide bonds. The van der Waals surface area contributed by atoms with Gasteiger partial charge in [0.05, 0.1) is 5.60 Å². The molecule has 0 radical (unpaired) electrons. The van der Waals surface area contributed by atoms with Crippen molar-refractivity contribution in [2.75, 3.05) is 6.54 Å². The van der Waals surface area contributed by atoms with Crippen LogP contribution >= 0.6 is 0 Å². The maximum atomic E-state index is 10.4. The Kier molecular flexibility index (Phi) is 7.25. The zero-order valence-corrected chi connectivity index (χ0v) is 12.0. The van der Waals surface area contributed by atoms with Crippen LogP contribution in [0.3, 0.4) is 0 Å². The summed E-state index contributed by atoms with van der Waals surface area (Å²) in [6.07, 6.45) is 3.43. The zero-order chi connectivity index (χ0) is 12.8. The highest BCUT2D eigenvalue weighted by molar-refractivity contribution is 5.07. The Morgan fingerprint density at radius 1 is 1.12 bits per heavy atom. The molecular formula is C14H31NO. The van der Waals surface area contributed by atoms with Crippen LogP contribution in [-0.2, 0) is 0 Å². The van der Waals surface area contributed by atoms with Crippen LogP contribution in [0.4, 0.5) is 0 Å². The third-order valence-corrected chi connectivity index (χ3v) is 3.38. The van der Waals surface area contributed by atoms with E-state index in [2.05, 4.69) is 19.2 Å². The Labute approximate surface area is 102 Å². The van der Waals surface area contributed by atoms with E-state index < -0.39 is 0 Å². The van der Waals surface area contributed by atoms with E-state index >= 15 is 0 Å². The summed E-state index contributed by atoms with van der Waals surface area (Å²) in [5.74, 6) is 1.15. The average Bonchev–Trinajstić information content (AvgIpc) is 3.09. The van der Waals surface area contributed by atoms with Crippen LogP contribution in [0.2, 0.25) is 0 Å². The van der Waals surface area contributed by atoms with Crippen LogP contribution in [0.1, 0.15) is 60.8 Å². The smallest absolute Gasteiger partial charge is 0.0842 e. The molecule has 0 unspecified atom stereocenters. The van der Waals surface area contributed by atoms with Crippen molar-refractivity contribution in [3.63, 3.8) is 0 Å². The van der Waals surface area contributed by atoms with Crippen molar-refractivity contribution in [1.82, 2.24) is 5.32 Å². The quantitative estimate of drug-likeness (QED) is 0.762. The summed E-state index contributed by atoms with van der Waals surface area (Å²) < 4.78 is 0. The molecule has 2 heteroatoms. The third-order valence-electron chi connectivity index (χ3n) is 3.38. The maximum Gasteiger partial charge on any atom is 0.0842 e. The van der Waals surface area contributed by atoms with Crippen molar-refractivity contribution in [2.45, 2.75) is 72.4 Å². The van der Waals surface area contributed by atoms with Crippen molar-refractivity contribution in [3.05, 3.63) is 0 Å². The highest BCUT2D eigenvalue weighted by atomic mass is 16.3. The van der Waals surface area contributed by atoms with Gasteiger partial charge in [0, 0.05) is 6.04 Å². The molecule has 2 N–H and O–H groups in total. The first-order valence-electron chi connectivity index (χ1n) is 7.10. The molecule has 2 aliphatic rings. The lowest BCUT2D eigenvalue weighted by Crippen LogP contribution is -2.47. The van der Waals surface area contributed by atoms with Crippen LogP contribution < -0.4 is 5.32 Å². The van der Waals surface area contributed by atoms with Crippen LogP contribution in [0.25, 0.3) is 0 Å². The van der Waals surface area contributed by atoms with Crippen molar-refractivity contribution >= 4 is 0 Å². The van der Waals surface area contributed by atoms with E-state index in [-0.39, 0.29) is 5.60 Å². The van der Waals surface area contributed by atoms with E-state index in [0.717, 1.165) is 13.0 Å². The minimum absolute atomic E-state index is 0.338. The van der Waals surface area contributed by atoms with Crippen molar-refractivity contribution in [3.8, 4) is 0 Å². The summed E-state index contributed by atoms with van der Waals surface area (Å²) in [6, 6.07) is 0.338. The Bertz CT molecular complexity index is 178. The molecule has 1 aliphatic carbocycles. The van der Waals surface area contributed by atoms with Crippen LogP contribution in [0, 0.1) is 11.8 Å². The predicted molar refractivity (Wildman–Crippen MR) is 71.6 cm³/mol. The van der Waals surface area contributed by atoms with Crippen LogP contribution in [0.15, 0.2) is 0 Å². The Balaban J connectivity index is 0.000000509. The third kappa shape index (κ3) is 3.46. The molecule has 2 atom stereocenters. The van der Waals surface area contributed by atoms with Gasteiger partial charge < -0.3 is 10.4 Å². The molecule has 1 aliphatic heterocycles. The lowest BCUT2D eigenvalue weighted by molar-refractivity contribution is -0.00748. The van der Waals surface area contributed by atoms with E-state index in [0.29, 0.717) is 17.9 Å². The first-order chi connectivity index (χ1) is 7.64. The van der Waals surface area contributed by atoms with E-state index in [9.17, 15) is 5.11 Å². The number of rotatable bonds is 2. The summed E-state index contributed by atoms with van der Waals surface area (Å²) in [5.41, 5.74) is -0.367. The fourth-order valence-corrected chi connectivity index (χ4v) is 2.61. The minimum atomic E-state index is -0.367. The molecule has 16 heavy (non-hydrogen) atoms. The molecule has 0 aromatic rings. The normalized spacial score (nSPS) is 32.6. The first-order valence-corrected chi connectivity index (χ1v) is 7.10. The van der Waals surface area contributed by atoms with Gasteiger partial charge in [-0.1, -0.05) is 41.5 Å². The van der Waals surface area contributed by atoms with E-state index in [1.165, 1.54) is 12.8 Å². The maximum absolute atomic E-state index is 10.4. The molecule has 98 valence electrons. The molecule has 0 spiro atoms. The Morgan fingerprint density at radius 3 is 2.00 bits per heavy atom. The highest BCUT2D eigenvalue weighted by Crippen LogP contribution is 2.46. The summed E-state index contributed by atoms with van der Waals surface area (Å²) in [6.45, 7) is 13.4.